The third-order valence-corrected chi connectivity index (χ3v) is 7.99. The second-order valence-electron chi connectivity index (χ2n) is 8.90. The number of piperazine rings is 1. The molecule has 2 aliphatic rings. The number of carbonyl (C=O) groups is 1. The summed E-state index contributed by atoms with van der Waals surface area (Å²) in [4.78, 5) is 19.3. The van der Waals surface area contributed by atoms with E-state index in [4.69, 9.17) is 9.15 Å². The molecule has 2 aromatic heterocycles. The summed E-state index contributed by atoms with van der Waals surface area (Å²) in [7, 11) is 3.89. The maximum Gasteiger partial charge on any atom is 0.291 e. The Balaban J connectivity index is 1.61. The van der Waals surface area contributed by atoms with E-state index in [0.29, 0.717) is 5.76 Å². The molecule has 1 fully saturated rings. The van der Waals surface area contributed by atoms with E-state index in [1.54, 1.807) is 36.8 Å². The van der Waals surface area contributed by atoms with E-state index in [-0.39, 0.29) is 11.9 Å². The highest BCUT2D eigenvalue weighted by Gasteiger charge is 2.33. The minimum atomic E-state index is -0.192. The van der Waals surface area contributed by atoms with E-state index < -0.39 is 0 Å². The van der Waals surface area contributed by atoms with Crippen LogP contribution >= 0.6 is 11.3 Å². The summed E-state index contributed by atoms with van der Waals surface area (Å²) in [5.41, 5.74) is 3.89. The van der Waals surface area contributed by atoms with Gasteiger partial charge in [-0.25, -0.2) is 0 Å². The van der Waals surface area contributed by atoms with Crippen LogP contribution in [0.1, 0.15) is 51.0 Å². The average molecular weight is 466 g/mol. The van der Waals surface area contributed by atoms with Crippen molar-refractivity contribution in [3.63, 3.8) is 0 Å². The van der Waals surface area contributed by atoms with Gasteiger partial charge in [0.15, 0.2) is 5.76 Å². The van der Waals surface area contributed by atoms with Gasteiger partial charge in [-0.1, -0.05) is 12.1 Å². The number of methoxy groups -OCH3 is 1. The number of carbonyl (C=O) groups excluding carboxylic acids is 1. The molecule has 3 heterocycles. The first-order valence-electron chi connectivity index (χ1n) is 11.7. The number of nitrogens with zero attached hydrogens (tertiary/aromatic N) is 2. The fourth-order valence-electron chi connectivity index (χ4n) is 5.00. The number of ether oxygens (including phenoxy) is 1. The molecule has 0 saturated carbocycles. The fraction of sp³-hybridized carbons (Fsp3) is 0.423. The van der Waals surface area contributed by atoms with Gasteiger partial charge in [0.25, 0.3) is 5.91 Å². The van der Waals surface area contributed by atoms with Crippen LogP contribution in [0.25, 0.3) is 0 Å². The molecule has 1 aromatic carbocycles. The number of rotatable bonds is 6. The maximum absolute atomic E-state index is 13.0. The molecule has 1 atom stereocenters. The second kappa shape index (κ2) is 9.71. The van der Waals surface area contributed by atoms with Gasteiger partial charge in [0, 0.05) is 36.6 Å². The Labute approximate surface area is 199 Å². The van der Waals surface area contributed by atoms with E-state index in [0.717, 1.165) is 49.8 Å². The molecule has 1 unspecified atom stereocenters. The van der Waals surface area contributed by atoms with Crippen molar-refractivity contribution in [2.24, 2.45) is 0 Å². The molecular formula is C26H31N3O3S. The molecule has 6 nitrogen and oxygen atoms in total. The van der Waals surface area contributed by atoms with E-state index in [9.17, 15) is 4.79 Å². The SMILES string of the molecule is COc1cccc(C(c2c(NC(=O)c3ccco3)sc3c2CCCC3)N2CCN(C)CC2)c1. The summed E-state index contributed by atoms with van der Waals surface area (Å²) < 4.78 is 10.9. The van der Waals surface area contributed by atoms with Crippen LogP contribution in [0.5, 0.6) is 5.75 Å². The van der Waals surface area contributed by atoms with E-state index in [1.807, 2.05) is 6.07 Å². The Morgan fingerprint density at radius 1 is 1.12 bits per heavy atom. The van der Waals surface area contributed by atoms with Crippen molar-refractivity contribution in [1.29, 1.82) is 0 Å². The molecule has 0 spiro atoms. The van der Waals surface area contributed by atoms with Gasteiger partial charge in [-0.2, -0.15) is 0 Å². The quantitative estimate of drug-likeness (QED) is 0.566. The number of hydrogen-bond acceptors (Lipinski definition) is 6. The van der Waals surface area contributed by atoms with Crippen LogP contribution in [0.2, 0.25) is 0 Å². The number of nitrogens with one attached hydrogen (secondary N) is 1. The highest BCUT2D eigenvalue weighted by Crippen LogP contribution is 2.46. The number of thiophene rings is 1. The molecule has 174 valence electrons. The van der Waals surface area contributed by atoms with Crippen molar-refractivity contribution in [1.82, 2.24) is 9.80 Å². The number of amides is 1. The molecule has 0 bridgehead atoms. The van der Waals surface area contributed by atoms with Crippen molar-refractivity contribution in [2.45, 2.75) is 31.7 Å². The summed E-state index contributed by atoms with van der Waals surface area (Å²) >= 11 is 1.74. The predicted octanol–water partition coefficient (Wildman–Crippen LogP) is 4.82. The summed E-state index contributed by atoms with van der Waals surface area (Å²) in [6, 6.07) is 11.9. The Morgan fingerprint density at radius 3 is 2.70 bits per heavy atom. The summed E-state index contributed by atoms with van der Waals surface area (Å²) in [5.74, 6) is 1.00. The zero-order chi connectivity index (χ0) is 22.8. The van der Waals surface area contributed by atoms with Gasteiger partial charge in [-0.05, 0) is 68.1 Å². The summed E-state index contributed by atoms with van der Waals surface area (Å²) in [6.45, 7) is 4.02. The van der Waals surface area contributed by atoms with Gasteiger partial charge < -0.3 is 19.4 Å². The number of aryl methyl sites for hydroxylation is 1. The number of likely N-dealkylation sites (N-methyl/N-ethyl adjacent to an activating group) is 1. The van der Waals surface area contributed by atoms with E-state index in [2.05, 4.69) is 40.4 Å². The Kier molecular flexibility index (Phi) is 6.53. The lowest BCUT2D eigenvalue weighted by Crippen LogP contribution is -2.46. The largest absolute Gasteiger partial charge is 0.497 e. The van der Waals surface area contributed by atoms with Crippen molar-refractivity contribution in [2.75, 3.05) is 45.7 Å². The Morgan fingerprint density at radius 2 is 1.94 bits per heavy atom. The molecule has 1 aliphatic heterocycles. The molecule has 5 rings (SSSR count). The highest BCUT2D eigenvalue weighted by molar-refractivity contribution is 7.16. The van der Waals surface area contributed by atoms with Crippen LogP contribution in [0.4, 0.5) is 5.00 Å². The molecule has 1 N–H and O–H groups in total. The first kappa shape index (κ1) is 22.2. The maximum atomic E-state index is 13.0. The topological polar surface area (TPSA) is 58.0 Å². The summed E-state index contributed by atoms with van der Waals surface area (Å²) in [5, 5.41) is 4.17. The molecule has 7 heteroatoms. The van der Waals surface area contributed by atoms with Crippen molar-refractivity contribution < 1.29 is 13.9 Å². The Bertz CT molecular complexity index is 1100. The lowest BCUT2D eigenvalue weighted by Gasteiger charge is -2.39. The van der Waals surface area contributed by atoms with E-state index in [1.165, 1.54) is 34.4 Å². The van der Waals surface area contributed by atoms with Crippen molar-refractivity contribution >= 4 is 22.2 Å². The molecule has 1 aliphatic carbocycles. The van der Waals surface area contributed by atoms with Gasteiger partial charge in [-0.3, -0.25) is 9.69 Å². The van der Waals surface area contributed by atoms with Crippen molar-refractivity contribution in [3.05, 3.63) is 70.0 Å². The van der Waals surface area contributed by atoms with Gasteiger partial charge in [0.2, 0.25) is 0 Å². The smallest absolute Gasteiger partial charge is 0.291 e. The third-order valence-electron chi connectivity index (χ3n) is 6.77. The molecule has 33 heavy (non-hydrogen) atoms. The van der Waals surface area contributed by atoms with Crippen LogP contribution in [-0.4, -0.2) is 56.0 Å². The normalized spacial score (nSPS) is 18.0. The zero-order valence-corrected chi connectivity index (χ0v) is 20.1. The first-order chi connectivity index (χ1) is 16.1. The second-order valence-corrected chi connectivity index (χ2v) is 10.0. The van der Waals surface area contributed by atoms with Gasteiger partial charge in [0.1, 0.15) is 10.8 Å². The number of anilines is 1. The Hall–Kier alpha value is -2.61. The molecule has 1 amide bonds. The van der Waals surface area contributed by atoms with Crippen LogP contribution < -0.4 is 10.1 Å². The van der Waals surface area contributed by atoms with Gasteiger partial charge >= 0.3 is 0 Å². The van der Waals surface area contributed by atoms with Crippen molar-refractivity contribution in [3.8, 4) is 5.75 Å². The fourth-order valence-corrected chi connectivity index (χ4v) is 6.31. The van der Waals surface area contributed by atoms with Crippen LogP contribution in [0.15, 0.2) is 47.1 Å². The van der Waals surface area contributed by atoms with Gasteiger partial charge in [-0.15, -0.1) is 11.3 Å². The molecule has 1 saturated heterocycles. The zero-order valence-electron chi connectivity index (χ0n) is 19.3. The third kappa shape index (κ3) is 4.58. The van der Waals surface area contributed by atoms with Crippen LogP contribution in [-0.2, 0) is 12.8 Å². The minimum Gasteiger partial charge on any atom is -0.497 e. The highest BCUT2D eigenvalue weighted by atomic mass is 32.1. The monoisotopic (exact) mass is 465 g/mol. The van der Waals surface area contributed by atoms with Crippen LogP contribution in [0, 0.1) is 0 Å². The average Bonchev–Trinajstić information content (AvgIpc) is 3.50. The van der Waals surface area contributed by atoms with E-state index >= 15 is 0 Å². The van der Waals surface area contributed by atoms with Crippen LogP contribution in [0.3, 0.4) is 0 Å². The number of hydrogen-bond donors (Lipinski definition) is 1. The molecular weight excluding hydrogens is 434 g/mol. The molecule has 0 radical (unpaired) electrons. The molecule has 3 aromatic rings. The number of furan rings is 1. The minimum absolute atomic E-state index is 0.0683. The predicted molar refractivity (Wildman–Crippen MR) is 132 cm³/mol. The first-order valence-corrected chi connectivity index (χ1v) is 12.5. The van der Waals surface area contributed by atoms with Gasteiger partial charge in [0.05, 0.1) is 19.4 Å². The summed E-state index contributed by atoms with van der Waals surface area (Å²) in [6.07, 6.45) is 6.08. The lowest BCUT2D eigenvalue weighted by atomic mass is 9.88. The standard InChI is InChI=1S/C26H31N3O3S/c1-28-12-14-29(15-13-28)24(18-7-5-8-19(17-18)31-2)23-20-9-3-4-11-22(20)33-26(23)27-25(30)21-10-6-16-32-21/h5-8,10,16-17,24H,3-4,9,11-15H2,1-2H3,(H,27,30). The number of fused-ring (bicyclic) bond motifs is 1. The lowest BCUT2D eigenvalue weighted by molar-refractivity contribution is 0.0996. The number of benzene rings is 1.